The van der Waals surface area contributed by atoms with Crippen molar-refractivity contribution in [3.05, 3.63) is 45.9 Å². The highest BCUT2D eigenvalue weighted by Gasteiger charge is 2.19. The van der Waals surface area contributed by atoms with Gasteiger partial charge < -0.3 is 20.9 Å². The molecule has 8 heteroatoms. The lowest BCUT2D eigenvalue weighted by Crippen LogP contribution is -2.16. The Morgan fingerprint density at radius 1 is 1.25 bits per heavy atom. The number of nitrogens with one attached hydrogen (secondary N) is 1. The van der Waals surface area contributed by atoms with Crippen LogP contribution in [0, 0.1) is 0 Å². The summed E-state index contributed by atoms with van der Waals surface area (Å²) in [6, 6.07) is 7.04. The highest BCUT2D eigenvalue weighted by Crippen LogP contribution is 2.34. The maximum absolute atomic E-state index is 12.4. The van der Waals surface area contributed by atoms with Crippen molar-refractivity contribution in [1.29, 1.82) is 0 Å². The predicted molar refractivity (Wildman–Crippen MR) is 92.9 cm³/mol. The molecular weight excluding hydrogens is 355 g/mol. The Labute approximate surface area is 148 Å². The third kappa shape index (κ3) is 3.90. The van der Waals surface area contributed by atoms with Crippen molar-refractivity contribution in [2.45, 2.75) is 13.3 Å². The second-order valence-corrected chi connectivity index (χ2v) is 5.60. The normalized spacial score (nSPS) is 10.3. The van der Waals surface area contributed by atoms with Crippen LogP contribution in [-0.2, 0) is 4.79 Å². The monoisotopic (exact) mass is 368 g/mol. The number of phenolic OH excluding ortho intramolecular Hbond substituents is 1. The summed E-state index contributed by atoms with van der Waals surface area (Å²) in [5.74, 6) is -1.25. The fraction of sp³-hybridized carbons (Fsp3) is 0.125. The number of para-hydroxylation sites is 1. The summed E-state index contributed by atoms with van der Waals surface area (Å²) in [6.45, 7) is 1.63. The number of amides is 1. The molecule has 0 aliphatic rings. The minimum atomic E-state index is -0.635. The van der Waals surface area contributed by atoms with Crippen LogP contribution in [0.4, 0.5) is 11.4 Å². The number of phenols is 1. The van der Waals surface area contributed by atoms with E-state index in [1.807, 2.05) is 0 Å². The summed E-state index contributed by atoms with van der Waals surface area (Å²) in [4.78, 5) is 24.0. The molecule has 0 spiro atoms. The van der Waals surface area contributed by atoms with Crippen molar-refractivity contribution >= 4 is 46.5 Å². The highest BCUT2D eigenvalue weighted by atomic mass is 35.5. The molecule has 4 N–H and O–H groups in total. The van der Waals surface area contributed by atoms with Gasteiger partial charge in [0.05, 0.1) is 27.0 Å². The van der Waals surface area contributed by atoms with E-state index >= 15 is 0 Å². The molecule has 0 bridgehead atoms. The van der Waals surface area contributed by atoms with E-state index in [1.165, 1.54) is 24.3 Å². The van der Waals surface area contributed by atoms with Gasteiger partial charge >= 0.3 is 5.97 Å². The first-order chi connectivity index (χ1) is 11.3. The predicted octanol–water partition coefficient (Wildman–Crippen LogP) is 3.85. The molecule has 0 aliphatic carbocycles. The van der Waals surface area contributed by atoms with Crippen LogP contribution in [-0.4, -0.2) is 17.0 Å². The number of benzene rings is 2. The summed E-state index contributed by atoms with van der Waals surface area (Å²) < 4.78 is 5.16. The number of anilines is 2. The summed E-state index contributed by atoms with van der Waals surface area (Å²) in [5, 5.41) is 11.9. The van der Waals surface area contributed by atoms with Crippen LogP contribution in [0.1, 0.15) is 23.7 Å². The van der Waals surface area contributed by atoms with Gasteiger partial charge in [-0.3, -0.25) is 9.59 Å². The van der Waals surface area contributed by atoms with Crippen LogP contribution in [0.2, 0.25) is 10.0 Å². The molecule has 0 fully saturated rings. The standard InChI is InChI=1S/C16H14Cl2N2O4/c1-2-13(22)24-15-11(19)4-3-5-12(15)20-16(23)14-9(17)6-8(21)7-10(14)18/h3-7,21H,2,19H2,1H3,(H,20,23). The first kappa shape index (κ1) is 17.9. The summed E-state index contributed by atoms with van der Waals surface area (Å²) in [6.07, 6.45) is 0.150. The Bertz CT molecular complexity index is 786. The van der Waals surface area contributed by atoms with Crippen LogP contribution in [0.5, 0.6) is 11.5 Å². The molecule has 0 unspecified atom stereocenters. The zero-order valence-corrected chi connectivity index (χ0v) is 14.1. The van der Waals surface area contributed by atoms with Crippen LogP contribution in [0.3, 0.4) is 0 Å². The van der Waals surface area contributed by atoms with Gasteiger partial charge in [-0.25, -0.2) is 0 Å². The Balaban J connectivity index is 2.37. The molecule has 6 nitrogen and oxygen atoms in total. The lowest BCUT2D eigenvalue weighted by atomic mass is 10.2. The third-order valence-electron chi connectivity index (χ3n) is 3.05. The quantitative estimate of drug-likeness (QED) is 0.432. The lowest BCUT2D eigenvalue weighted by Gasteiger charge is -2.14. The minimum absolute atomic E-state index is 0.0199. The molecule has 2 aromatic rings. The Morgan fingerprint density at radius 3 is 2.46 bits per heavy atom. The van der Waals surface area contributed by atoms with Crippen LogP contribution < -0.4 is 15.8 Å². The van der Waals surface area contributed by atoms with Gasteiger partial charge in [0.2, 0.25) is 0 Å². The summed E-state index contributed by atoms with van der Waals surface area (Å²) in [7, 11) is 0. The molecule has 24 heavy (non-hydrogen) atoms. The van der Waals surface area contributed by atoms with Crippen molar-refractivity contribution in [2.75, 3.05) is 11.1 Å². The van der Waals surface area contributed by atoms with Crippen molar-refractivity contribution in [3.8, 4) is 11.5 Å². The second kappa shape index (κ2) is 7.42. The van der Waals surface area contributed by atoms with Gasteiger partial charge in [-0.15, -0.1) is 0 Å². The van der Waals surface area contributed by atoms with E-state index in [0.717, 1.165) is 0 Å². The Morgan fingerprint density at radius 2 is 1.88 bits per heavy atom. The maximum Gasteiger partial charge on any atom is 0.311 e. The molecule has 126 valence electrons. The number of aromatic hydroxyl groups is 1. The molecular formula is C16H14Cl2N2O4. The van der Waals surface area contributed by atoms with E-state index in [0.29, 0.717) is 0 Å². The van der Waals surface area contributed by atoms with Gasteiger partial charge in [-0.05, 0) is 24.3 Å². The first-order valence-corrected chi connectivity index (χ1v) is 7.67. The van der Waals surface area contributed by atoms with Crippen LogP contribution in [0.25, 0.3) is 0 Å². The molecule has 1 amide bonds. The number of nitrogens with two attached hydrogens (primary N) is 1. The number of carbonyl (C=O) groups excluding carboxylic acids is 2. The zero-order chi connectivity index (χ0) is 17.9. The summed E-state index contributed by atoms with van der Waals surface area (Å²) in [5.41, 5.74) is 6.17. The van der Waals surface area contributed by atoms with E-state index in [9.17, 15) is 14.7 Å². The topological polar surface area (TPSA) is 102 Å². The molecule has 0 heterocycles. The SMILES string of the molecule is CCC(=O)Oc1c(N)cccc1NC(=O)c1c(Cl)cc(O)cc1Cl. The van der Waals surface area contributed by atoms with Crippen molar-refractivity contribution in [1.82, 2.24) is 0 Å². The Kier molecular flexibility index (Phi) is 5.54. The molecule has 0 atom stereocenters. The van der Waals surface area contributed by atoms with Gasteiger partial charge in [0, 0.05) is 6.42 Å². The fourth-order valence-electron chi connectivity index (χ4n) is 1.91. The third-order valence-corrected chi connectivity index (χ3v) is 3.65. The number of ether oxygens (including phenoxy) is 1. The lowest BCUT2D eigenvalue weighted by molar-refractivity contribution is -0.133. The van der Waals surface area contributed by atoms with E-state index in [-0.39, 0.29) is 44.9 Å². The molecule has 0 saturated carbocycles. The van der Waals surface area contributed by atoms with Gasteiger partial charge in [0.1, 0.15) is 5.75 Å². The van der Waals surface area contributed by atoms with Gasteiger partial charge in [0.25, 0.3) is 5.91 Å². The van der Waals surface area contributed by atoms with E-state index in [4.69, 9.17) is 33.7 Å². The Hall–Kier alpha value is -2.44. The average Bonchev–Trinajstić information content (AvgIpc) is 2.49. The van der Waals surface area contributed by atoms with Crippen molar-refractivity contribution in [2.24, 2.45) is 0 Å². The van der Waals surface area contributed by atoms with Crippen LogP contribution >= 0.6 is 23.2 Å². The minimum Gasteiger partial charge on any atom is -0.508 e. The molecule has 0 radical (unpaired) electrons. The molecule has 0 aromatic heterocycles. The van der Waals surface area contributed by atoms with Crippen molar-refractivity contribution in [3.63, 3.8) is 0 Å². The molecule has 2 aromatic carbocycles. The average molecular weight is 369 g/mol. The second-order valence-electron chi connectivity index (χ2n) is 4.79. The number of esters is 1. The zero-order valence-electron chi connectivity index (χ0n) is 12.6. The number of carbonyl (C=O) groups is 2. The fourth-order valence-corrected chi connectivity index (χ4v) is 2.56. The van der Waals surface area contributed by atoms with Gasteiger partial charge in [-0.2, -0.15) is 0 Å². The molecule has 2 rings (SSSR count). The smallest absolute Gasteiger partial charge is 0.311 e. The number of rotatable bonds is 4. The van der Waals surface area contributed by atoms with Gasteiger partial charge in [0.15, 0.2) is 5.75 Å². The number of hydrogen-bond donors (Lipinski definition) is 3. The van der Waals surface area contributed by atoms with Gasteiger partial charge in [-0.1, -0.05) is 36.2 Å². The summed E-state index contributed by atoms with van der Waals surface area (Å²) >= 11 is 11.9. The number of hydrogen-bond acceptors (Lipinski definition) is 5. The molecule has 0 aliphatic heterocycles. The highest BCUT2D eigenvalue weighted by molar-refractivity contribution is 6.40. The van der Waals surface area contributed by atoms with Crippen LogP contribution in [0.15, 0.2) is 30.3 Å². The number of halogens is 2. The maximum atomic E-state index is 12.4. The number of nitrogen functional groups attached to an aromatic ring is 1. The molecule has 0 saturated heterocycles. The first-order valence-electron chi connectivity index (χ1n) is 6.92. The van der Waals surface area contributed by atoms with E-state index in [1.54, 1.807) is 13.0 Å². The van der Waals surface area contributed by atoms with E-state index < -0.39 is 11.9 Å². The van der Waals surface area contributed by atoms with E-state index in [2.05, 4.69) is 5.32 Å². The largest absolute Gasteiger partial charge is 0.508 e. The van der Waals surface area contributed by atoms with Crippen molar-refractivity contribution < 1.29 is 19.4 Å².